The van der Waals surface area contributed by atoms with E-state index in [-0.39, 0.29) is 24.0 Å². The number of nitrogens with zero attached hydrogens (tertiary/aromatic N) is 1. The number of Topliss-reactive ketones (excluding diaryl/α,β-unsaturated/α-hetero) is 1. The molecule has 1 heterocycles. The highest BCUT2D eigenvalue weighted by Gasteiger charge is 2.24. The summed E-state index contributed by atoms with van der Waals surface area (Å²) in [6.07, 6.45) is 0.713. The molecule has 1 atom stereocenters. The van der Waals surface area contributed by atoms with Crippen molar-refractivity contribution in [2.24, 2.45) is 5.92 Å². The van der Waals surface area contributed by atoms with E-state index in [1.807, 2.05) is 0 Å². The number of hydrogen-bond acceptors (Lipinski definition) is 5. The Morgan fingerprint density at radius 1 is 1.45 bits per heavy atom. The van der Waals surface area contributed by atoms with Crippen LogP contribution in [0.3, 0.4) is 0 Å². The smallest absolute Gasteiger partial charge is 0.271 e. The Labute approximate surface area is 131 Å². The number of ether oxygens (including phenoxy) is 2. The molecule has 1 unspecified atom stereocenters. The average molecular weight is 409 g/mol. The van der Waals surface area contributed by atoms with E-state index in [1.54, 1.807) is 0 Å². The Hall–Kier alpha value is -0.990. The lowest BCUT2D eigenvalue weighted by molar-refractivity contribution is -0.385. The molecule has 0 N–H and O–H groups in total. The number of carbonyl (C=O) groups is 1. The molecule has 1 aliphatic rings. The Morgan fingerprint density at radius 3 is 2.60 bits per heavy atom. The molecule has 1 aromatic carbocycles. The van der Waals surface area contributed by atoms with Crippen LogP contribution in [-0.2, 0) is 9.53 Å². The molecule has 0 saturated carbocycles. The van der Waals surface area contributed by atoms with Crippen LogP contribution in [0.5, 0.6) is 5.75 Å². The second-order valence-electron chi connectivity index (χ2n) is 4.31. The number of nitro groups is 1. The monoisotopic (exact) mass is 407 g/mol. The summed E-state index contributed by atoms with van der Waals surface area (Å²) in [7, 11) is 0. The summed E-state index contributed by atoms with van der Waals surface area (Å²) in [6.45, 7) is 0.954. The first-order chi connectivity index (χ1) is 9.49. The van der Waals surface area contributed by atoms with Crippen LogP contribution in [-0.4, -0.2) is 30.5 Å². The summed E-state index contributed by atoms with van der Waals surface area (Å²) in [5, 5.41) is 10.7. The Balaban J connectivity index is 2.05. The van der Waals surface area contributed by atoms with Crippen molar-refractivity contribution < 1.29 is 19.2 Å². The highest BCUT2D eigenvalue weighted by atomic mass is 79.9. The molecule has 0 bridgehead atoms. The maximum absolute atomic E-state index is 11.9. The van der Waals surface area contributed by atoms with E-state index in [4.69, 9.17) is 9.47 Å². The van der Waals surface area contributed by atoms with Crippen LogP contribution in [0.15, 0.2) is 21.1 Å². The van der Waals surface area contributed by atoms with Crippen molar-refractivity contribution in [1.29, 1.82) is 0 Å². The first kappa shape index (κ1) is 15.4. The molecule has 20 heavy (non-hydrogen) atoms. The number of non-ortho nitro benzene ring substituents is 1. The first-order valence-corrected chi connectivity index (χ1v) is 7.44. The molecule has 108 valence electrons. The van der Waals surface area contributed by atoms with E-state index in [2.05, 4.69) is 31.9 Å². The molecule has 1 aliphatic heterocycles. The predicted octanol–water partition coefficient (Wildman–Crippen LogP) is 3.10. The molecule has 6 nitrogen and oxygen atoms in total. The molecule has 1 fully saturated rings. The fourth-order valence-electron chi connectivity index (χ4n) is 1.84. The van der Waals surface area contributed by atoms with Gasteiger partial charge in [-0.1, -0.05) is 0 Å². The van der Waals surface area contributed by atoms with Crippen molar-refractivity contribution in [3.63, 3.8) is 0 Å². The van der Waals surface area contributed by atoms with Crippen molar-refractivity contribution >= 4 is 43.3 Å². The summed E-state index contributed by atoms with van der Waals surface area (Å²) in [4.78, 5) is 22.1. The highest BCUT2D eigenvalue weighted by molar-refractivity contribution is 9.11. The number of rotatable bonds is 5. The molecule has 0 radical (unpaired) electrons. The van der Waals surface area contributed by atoms with Crippen molar-refractivity contribution in [1.82, 2.24) is 0 Å². The molecular formula is C12H11Br2NO5. The van der Waals surface area contributed by atoms with Gasteiger partial charge in [-0.25, -0.2) is 0 Å². The molecule has 0 spiro atoms. The fraction of sp³-hybridized carbons (Fsp3) is 0.417. The zero-order valence-corrected chi connectivity index (χ0v) is 13.5. The normalized spacial score (nSPS) is 18.0. The third-order valence-corrected chi connectivity index (χ3v) is 4.12. The maximum atomic E-state index is 11.9. The second-order valence-corrected chi connectivity index (χ2v) is 6.02. The molecule has 0 amide bonds. The fourth-order valence-corrected chi connectivity index (χ4v) is 3.23. The lowest BCUT2D eigenvalue weighted by atomic mass is 10.0. The summed E-state index contributed by atoms with van der Waals surface area (Å²) >= 11 is 6.41. The summed E-state index contributed by atoms with van der Waals surface area (Å²) in [6, 6.07) is 2.67. The summed E-state index contributed by atoms with van der Waals surface area (Å²) < 4.78 is 11.5. The van der Waals surface area contributed by atoms with E-state index < -0.39 is 4.92 Å². The van der Waals surface area contributed by atoms with Gasteiger partial charge in [0.15, 0.2) is 5.78 Å². The van der Waals surface area contributed by atoms with Gasteiger partial charge in [-0.3, -0.25) is 14.9 Å². The van der Waals surface area contributed by atoms with Crippen LogP contribution >= 0.6 is 31.9 Å². The molecule has 2 rings (SSSR count). The van der Waals surface area contributed by atoms with E-state index in [0.717, 1.165) is 0 Å². The minimum Gasteiger partial charge on any atom is -0.483 e. The van der Waals surface area contributed by atoms with Gasteiger partial charge < -0.3 is 9.47 Å². The number of carbonyl (C=O) groups excluding carboxylic acids is 1. The second kappa shape index (κ2) is 6.64. The highest BCUT2D eigenvalue weighted by Crippen LogP contribution is 2.37. The van der Waals surface area contributed by atoms with Crippen LogP contribution in [0.2, 0.25) is 0 Å². The topological polar surface area (TPSA) is 78.7 Å². The molecule has 1 aromatic rings. The van der Waals surface area contributed by atoms with E-state index >= 15 is 0 Å². The van der Waals surface area contributed by atoms with Gasteiger partial charge in [-0.05, 0) is 38.3 Å². The number of benzene rings is 1. The lowest BCUT2D eigenvalue weighted by Crippen LogP contribution is -2.21. The Kier molecular flexibility index (Phi) is 5.11. The minimum atomic E-state index is -0.500. The molecular weight excluding hydrogens is 398 g/mol. The van der Waals surface area contributed by atoms with Gasteiger partial charge in [-0.2, -0.15) is 0 Å². The van der Waals surface area contributed by atoms with E-state index in [1.165, 1.54) is 12.1 Å². The zero-order chi connectivity index (χ0) is 14.7. The number of halogens is 2. The van der Waals surface area contributed by atoms with Gasteiger partial charge >= 0.3 is 0 Å². The number of hydrogen-bond donors (Lipinski definition) is 0. The third kappa shape index (κ3) is 3.56. The SMILES string of the molecule is O=C(COc1c(Br)cc([N+](=O)[O-])cc1Br)C1CCOC1. The first-order valence-electron chi connectivity index (χ1n) is 5.85. The molecule has 1 saturated heterocycles. The lowest BCUT2D eigenvalue weighted by Gasteiger charge is -2.11. The van der Waals surface area contributed by atoms with Crippen molar-refractivity contribution in [3.05, 3.63) is 31.2 Å². The molecule has 0 aromatic heterocycles. The van der Waals surface area contributed by atoms with Crippen molar-refractivity contribution in [3.8, 4) is 5.75 Å². The summed E-state index contributed by atoms with van der Waals surface area (Å²) in [5.74, 6) is 0.230. The molecule has 0 aliphatic carbocycles. The standard InChI is InChI=1S/C12H11Br2NO5/c13-9-3-8(15(17)18)4-10(14)12(9)20-6-11(16)7-1-2-19-5-7/h3-4,7H,1-2,5-6H2. The largest absolute Gasteiger partial charge is 0.483 e. The van der Waals surface area contributed by atoms with Crippen LogP contribution in [0, 0.1) is 16.0 Å². The maximum Gasteiger partial charge on any atom is 0.271 e. The Bertz CT molecular complexity index is 520. The van der Waals surface area contributed by atoms with Gasteiger partial charge in [0.1, 0.15) is 12.4 Å². The zero-order valence-electron chi connectivity index (χ0n) is 10.3. The predicted molar refractivity (Wildman–Crippen MR) is 77.9 cm³/mol. The quantitative estimate of drug-likeness (QED) is 0.552. The Morgan fingerprint density at radius 2 is 2.10 bits per heavy atom. The van der Waals surface area contributed by atoms with Crippen LogP contribution in [0.1, 0.15) is 6.42 Å². The number of nitro benzene ring substituents is 1. The average Bonchev–Trinajstić information content (AvgIpc) is 2.91. The van der Waals surface area contributed by atoms with Crippen molar-refractivity contribution in [2.45, 2.75) is 6.42 Å². The van der Waals surface area contributed by atoms with Gasteiger partial charge in [0.25, 0.3) is 5.69 Å². The van der Waals surface area contributed by atoms with Gasteiger partial charge in [0, 0.05) is 24.7 Å². The van der Waals surface area contributed by atoms with Crippen LogP contribution < -0.4 is 4.74 Å². The van der Waals surface area contributed by atoms with Crippen LogP contribution in [0.4, 0.5) is 5.69 Å². The number of ketones is 1. The van der Waals surface area contributed by atoms with Crippen LogP contribution in [0.25, 0.3) is 0 Å². The molecule has 8 heteroatoms. The van der Waals surface area contributed by atoms with Gasteiger partial charge in [0.2, 0.25) is 0 Å². The third-order valence-electron chi connectivity index (χ3n) is 2.94. The van der Waals surface area contributed by atoms with E-state index in [9.17, 15) is 14.9 Å². The van der Waals surface area contributed by atoms with Gasteiger partial charge in [-0.15, -0.1) is 0 Å². The van der Waals surface area contributed by atoms with Crippen molar-refractivity contribution in [2.75, 3.05) is 19.8 Å². The minimum absolute atomic E-state index is 0.0281. The van der Waals surface area contributed by atoms with Gasteiger partial charge in [0.05, 0.1) is 20.5 Å². The summed E-state index contributed by atoms with van der Waals surface area (Å²) in [5.41, 5.74) is -0.0633. The van der Waals surface area contributed by atoms with E-state index in [0.29, 0.717) is 34.3 Å².